The molecule has 0 spiro atoms. The number of hydrogen-bond donors (Lipinski definition) is 0. The Morgan fingerprint density at radius 3 is 2.20 bits per heavy atom. The third-order valence-electron chi connectivity index (χ3n) is 2.35. The third-order valence-corrected chi connectivity index (χ3v) is 2.35. The Bertz CT molecular complexity index is 531. The van der Waals surface area contributed by atoms with Crippen LogP contribution in [0.4, 0.5) is 0 Å². The third kappa shape index (κ3) is 5.65. The van der Waals surface area contributed by atoms with Crippen LogP contribution in [0.3, 0.4) is 0 Å². The SMILES string of the molecule is CC(=O)/C(=C\C=C\c1ccccc1)C(=O)OC(C)(C)C. The van der Waals surface area contributed by atoms with Crippen LogP contribution in [0.15, 0.2) is 48.1 Å². The second-order valence-electron chi connectivity index (χ2n) is 5.41. The second kappa shape index (κ2) is 6.85. The molecule has 0 N–H and O–H groups in total. The molecule has 0 heterocycles. The lowest BCUT2D eigenvalue weighted by Gasteiger charge is -2.19. The van der Waals surface area contributed by atoms with Gasteiger partial charge >= 0.3 is 5.97 Å². The first kappa shape index (κ1) is 15.9. The molecule has 20 heavy (non-hydrogen) atoms. The summed E-state index contributed by atoms with van der Waals surface area (Å²) in [4.78, 5) is 23.4. The van der Waals surface area contributed by atoms with E-state index in [9.17, 15) is 9.59 Å². The molecule has 0 radical (unpaired) electrons. The highest BCUT2D eigenvalue weighted by Crippen LogP contribution is 2.12. The van der Waals surface area contributed by atoms with Crippen molar-refractivity contribution in [3.63, 3.8) is 0 Å². The van der Waals surface area contributed by atoms with E-state index in [0.717, 1.165) is 5.56 Å². The van der Waals surface area contributed by atoms with E-state index in [-0.39, 0.29) is 11.4 Å². The Morgan fingerprint density at radius 1 is 1.10 bits per heavy atom. The smallest absolute Gasteiger partial charge is 0.342 e. The van der Waals surface area contributed by atoms with Gasteiger partial charge in [0.05, 0.1) is 0 Å². The van der Waals surface area contributed by atoms with Crippen LogP contribution in [0.25, 0.3) is 6.08 Å². The summed E-state index contributed by atoms with van der Waals surface area (Å²) in [6.45, 7) is 6.65. The lowest BCUT2D eigenvalue weighted by Crippen LogP contribution is -2.26. The molecule has 0 aliphatic carbocycles. The van der Waals surface area contributed by atoms with E-state index < -0.39 is 11.6 Å². The van der Waals surface area contributed by atoms with E-state index in [4.69, 9.17) is 4.74 Å². The van der Waals surface area contributed by atoms with Crippen molar-refractivity contribution in [1.82, 2.24) is 0 Å². The highest BCUT2D eigenvalue weighted by atomic mass is 16.6. The first-order chi connectivity index (χ1) is 9.29. The van der Waals surface area contributed by atoms with E-state index in [0.29, 0.717) is 0 Å². The van der Waals surface area contributed by atoms with E-state index in [1.54, 1.807) is 26.8 Å². The van der Waals surface area contributed by atoms with Gasteiger partial charge in [-0.25, -0.2) is 4.79 Å². The molecule has 0 saturated heterocycles. The number of rotatable bonds is 4. The van der Waals surface area contributed by atoms with Gasteiger partial charge in [-0.1, -0.05) is 42.5 Å². The Morgan fingerprint density at radius 2 is 1.70 bits per heavy atom. The Kier molecular flexibility index (Phi) is 5.44. The Balaban J connectivity index is 2.86. The summed E-state index contributed by atoms with van der Waals surface area (Å²) >= 11 is 0. The molecule has 0 aromatic heterocycles. The maximum Gasteiger partial charge on any atom is 0.342 e. The van der Waals surface area contributed by atoms with Crippen LogP contribution in [0, 0.1) is 0 Å². The summed E-state index contributed by atoms with van der Waals surface area (Å²) in [5.74, 6) is -0.903. The zero-order chi connectivity index (χ0) is 15.2. The number of ether oxygens (including phenoxy) is 1. The molecule has 1 rings (SSSR count). The molecule has 1 aromatic rings. The molecule has 3 nitrogen and oxygen atoms in total. The molecule has 0 unspecified atom stereocenters. The molecule has 1 aromatic carbocycles. The van der Waals surface area contributed by atoms with E-state index in [1.165, 1.54) is 13.0 Å². The van der Waals surface area contributed by atoms with Crippen molar-refractivity contribution in [3.8, 4) is 0 Å². The second-order valence-corrected chi connectivity index (χ2v) is 5.41. The number of Topliss-reactive ketones (excluding diaryl/α,β-unsaturated/α-hetero) is 1. The maximum atomic E-state index is 11.9. The van der Waals surface area contributed by atoms with Gasteiger partial charge in [0, 0.05) is 0 Å². The van der Waals surface area contributed by atoms with Gasteiger partial charge < -0.3 is 4.74 Å². The van der Waals surface area contributed by atoms with E-state index in [1.807, 2.05) is 36.4 Å². The van der Waals surface area contributed by atoms with Gasteiger partial charge in [-0.05, 0) is 39.3 Å². The van der Waals surface area contributed by atoms with Gasteiger partial charge in [0.2, 0.25) is 0 Å². The highest BCUT2D eigenvalue weighted by Gasteiger charge is 2.21. The Labute approximate surface area is 120 Å². The number of ketones is 1. The molecular formula is C17H20O3. The average Bonchev–Trinajstić information content (AvgIpc) is 2.33. The fraction of sp³-hybridized carbons (Fsp3) is 0.294. The number of carbonyl (C=O) groups excluding carboxylic acids is 2. The van der Waals surface area contributed by atoms with Crippen LogP contribution in [0.1, 0.15) is 33.3 Å². The minimum Gasteiger partial charge on any atom is -0.456 e. The van der Waals surface area contributed by atoms with Gasteiger partial charge in [0.15, 0.2) is 5.78 Å². The average molecular weight is 272 g/mol. The first-order valence-electron chi connectivity index (χ1n) is 6.47. The molecule has 0 aliphatic heterocycles. The summed E-state index contributed by atoms with van der Waals surface area (Å²) in [6, 6.07) is 9.64. The Hall–Kier alpha value is -2.16. The van der Waals surface area contributed by atoms with Crippen molar-refractivity contribution < 1.29 is 14.3 Å². The molecule has 3 heteroatoms. The van der Waals surface area contributed by atoms with Crippen LogP contribution in [-0.4, -0.2) is 17.4 Å². The molecule has 0 fully saturated rings. The largest absolute Gasteiger partial charge is 0.456 e. The van der Waals surface area contributed by atoms with Crippen molar-refractivity contribution in [2.45, 2.75) is 33.3 Å². The first-order valence-corrected chi connectivity index (χ1v) is 6.47. The van der Waals surface area contributed by atoms with Crippen molar-refractivity contribution in [2.24, 2.45) is 0 Å². The summed E-state index contributed by atoms with van der Waals surface area (Å²) in [5, 5.41) is 0. The molecular weight excluding hydrogens is 252 g/mol. The van der Waals surface area contributed by atoms with Gasteiger partial charge in [-0.15, -0.1) is 0 Å². The van der Waals surface area contributed by atoms with Crippen LogP contribution < -0.4 is 0 Å². The van der Waals surface area contributed by atoms with Gasteiger partial charge in [-0.2, -0.15) is 0 Å². The van der Waals surface area contributed by atoms with Gasteiger partial charge in [0.1, 0.15) is 11.2 Å². The van der Waals surface area contributed by atoms with Gasteiger partial charge in [-0.3, -0.25) is 4.79 Å². The number of allylic oxidation sites excluding steroid dienone is 2. The zero-order valence-corrected chi connectivity index (χ0v) is 12.3. The predicted molar refractivity (Wildman–Crippen MR) is 80.1 cm³/mol. The monoisotopic (exact) mass is 272 g/mol. The van der Waals surface area contributed by atoms with Crippen LogP contribution in [-0.2, 0) is 14.3 Å². The fourth-order valence-corrected chi connectivity index (χ4v) is 1.48. The summed E-state index contributed by atoms with van der Waals surface area (Å²) < 4.78 is 5.20. The number of hydrogen-bond acceptors (Lipinski definition) is 3. The maximum absolute atomic E-state index is 11.9. The topological polar surface area (TPSA) is 43.4 Å². The molecule has 106 valence electrons. The van der Waals surface area contributed by atoms with Crippen LogP contribution in [0.5, 0.6) is 0 Å². The lowest BCUT2D eigenvalue weighted by atomic mass is 10.1. The summed E-state index contributed by atoms with van der Waals surface area (Å²) in [6.07, 6.45) is 4.99. The summed E-state index contributed by atoms with van der Waals surface area (Å²) in [7, 11) is 0. The normalized spacial score (nSPS) is 12.5. The molecule has 0 atom stereocenters. The van der Waals surface area contributed by atoms with Crippen LogP contribution >= 0.6 is 0 Å². The highest BCUT2D eigenvalue weighted by molar-refractivity contribution is 6.16. The predicted octanol–water partition coefficient (Wildman–Crippen LogP) is 3.56. The number of carbonyl (C=O) groups is 2. The summed E-state index contributed by atoms with van der Waals surface area (Å²) in [5.41, 5.74) is 0.428. The minimum absolute atomic E-state index is 0.0482. The lowest BCUT2D eigenvalue weighted by molar-refractivity contribution is -0.150. The van der Waals surface area contributed by atoms with Gasteiger partial charge in [0.25, 0.3) is 0 Å². The van der Waals surface area contributed by atoms with Crippen molar-refractivity contribution in [3.05, 3.63) is 53.6 Å². The molecule has 0 bridgehead atoms. The molecule has 0 saturated carbocycles. The van der Waals surface area contributed by atoms with Crippen molar-refractivity contribution in [1.29, 1.82) is 0 Å². The van der Waals surface area contributed by atoms with E-state index >= 15 is 0 Å². The fourth-order valence-electron chi connectivity index (χ4n) is 1.48. The number of esters is 1. The molecule has 0 amide bonds. The van der Waals surface area contributed by atoms with E-state index in [2.05, 4.69) is 0 Å². The molecule has 0 aliphatic rings. The minimum atomic E-state index is -0.616. The van der Waals surface area contributed by atoms with Crippen molar-refractivity contribution >= 4 is 17.8 Å². The zero-order valence-electron chi connectivity index (χ0n) is 12.3. The van der Waals surface area contributed by atoms with Crippen LogP contribution in [0.2, 0.25) is 0 Å². The quantitative estimate of drug-likeness (QED) is 0.277. The number of benzene rings is 1. The van der Waals surface area contributed by atoms with Crippen molar-refractivity contribution in [2.75, 3.05) is 0 Å². The standard InChI is InChI=1S/C17H20O3/c1-13(18)15(16(19)20-17(2,3)4)12-8-11-14-9-6-5-7-10-14/h5-12H,1-4H3/b11-8+,15-12+.